The van der Waals surface area contributed by atoms with Crippen LogP contribution < -0.4 is 28.9 Å². The molecule has 0 unspecified atom stereocenters. The zero-order valence-electron chi connectivity index (χ0n) is 51.6. The number of hydrogen-bond acceptors (Lipinski definition) is 14. The van der Waals surface area contributed by atoms with Crippen molar-refractivity contribution < 1.29 is 69.9 Å². The predicted octanol–water partition coefficient (Wildman–Crippen LogP) is 9.58. The standard InChI is InChI=1S/C64H66N8O12S4.Fe/c1-29-25-33(5)61(85(77,78)69-41(13)73)37(9)53(29)57-45-17-19-47(65-45)58(54-30(2)26-34(6)62(38(54)10)86(79,80)70-42(14)74)49-21-23-51(67-49)60(56-32(4)28-36(8)64(40(56)12)88(83,84)72-44(16)76)52-24-22-50(68-52)59(48-20-18-46(57)66-48)55-31(3)27-35(7)63(39(55)11)87(81,82)71-43(15)75;/h17-28H,1-16H3,(H6,65,66,67,68,69,70,71,72,73,74,75,76);/q;+2/p-2. The molecular formula is C64H64FeN8O12S4. The molecular weight excluding hydrogens is 1260 g/mol. The SMILES string of the molecule is CC(=O)NS(=O)(=O)c1c(C)cc(C)c(-c2c3nc(c(-c4c(C)cc(C)c(S(=O)(=O)NC(C)=O)c4C)c4ccc([n-]4)c(-c4c(C)cc(C)c(S(=O)(=O)NC(C)=O)c4C)c4ccc([n-]4)c(-c4c(C)cc(C)c(S(=O)(=O)NC(C)=O)c4C)c4nc2C=C4)C=C3)c1C.[Fe+2]. The summed E-state index contributed by atoms with van der Waals surface area (Å²) in [4.78, 5) is 70.7. The van der Waals surface area contributed by atoms with Crippen LogP contribution in [0.15, 0.2) is 68.1 Å². The monoisotopic (exact) mass is 1320 g/mol. The summed E-state index contributed by atoms with van der Waals surface area (Å²) >= 11 is 0. The van der Waals surface area contributed by atoms with Crippen molar-refractivity contribution in [3.63, 3.8) is 0 Å². The average Bonchev–Trinajstić information content (AvgIpc) is 1.76. The Hall–Kier alpha value is -8.32. The first-order valence-corrected chi connectivity index (χ1v) is 33.5. The van der Waals surface area contributed by atoms with E-state index in [1.165, 1.54) is 0 Å². The molecule has 4 N–H and O–H groups in total. The van der Waals surface area contributed by atoms with E-state index in [-0.39, 0.29) is 104 Å². The summed E-state index contributed by atoms with van der Waals surface area (Å²) in [6, 6.07) is 13.5. The average molecular weight is 1320 g/mol. The fourth-order valence-electron chi connectivity index (χ4n) is 12.9. The van der Waals surface area contributed by atoms with Crippen LogP contribution in [0.2, 0.25) is 0 Å². The van der Waals surface area contributed by atoms with Crippen LogP contribution in [-0.4, -0.2) is 67.3 Å². The molecule has 0 fully saturated rings. The Labute approximate surface area is 528 Å². The van der Waals surface area contributed by atoms with Crippen LogP contribution in [0.3, 0.4) is 0 Å². The van der Waals surface area contributed by atoms with Crippen LogP contribution in [-0.2, 0) is 76.3 Å². The molecule has 464 valence electrons. The van der Waals surface area contributed by atoms with Crippen LogP contribution in [0.4, 0.5) is 0 Å². The second kappa shape index (κ2) is 23.9. The fourth-order valence-corrected chi connectivity index (χ4v) is 18.8. The number of fused-ring (bicyclic) bond motifs is 8. The maximum Gasteiger partial charge on any atom is 2.00 e. The smallest absolute Gasteiger partial charge is 0.657 e. The zero-order valence-corrected chi connectivity index (χ0v) is 56.0. The summed E-state index contributed by atoms with van der Waals surface area (Å²) in [5.74, 6) is -3.28. The van der Waals surface area contributed by atoms with Crippen molar-refractivity contribution in [3.8, 4) is 44.5 Å². The van der Waals surface area contributed by atoms with Gasteiger partial charge in [-0.1, -0.05) is 48.5 Å². The molecule has 0 spiro atoms. The molecule has 3 aromatic heterocycles. The number of sulfonamides is 4. The summed E-state index contributed by atoms with van der Waals surface area (Å²) in [6.07, 6.45) is 6.80. The van der Waals surface area contributed by atoms with Gasteiger partial charge in [0.05, 0.1) is 42.4 Å². The van der Waals surface area contributed by atoms with Gasteiger partial charge in [-0.2, -0.15) is 0 Å². The molecule has 25 heteroatoms. The molecule has 5 heterocycles. The number of rotatable bonds is 12. The van der Waals surface area contributed by atoms with Crippen molar-refractivity contribution in [3.05, 3.63) is 138 Å². The van der Waals surface area contributed by atoms with Gasteiger partial charge in [-0.25, -0.2) is 62.5 Å². The quantitative estimate of drug-likeness (QED) is 0.0827. The van der Waals surface area contributed by atoms with Gasteiger partial charge in [-0.05, 0) is 213 Å². The number of carbonyl (C=O) groups excluding carboxylic acids is 4. The van der Waals surface area contributed by atoms with E-state index in [2.05, 4.69) is 18.9 Å². The summed E-state index contributed by atoms with van der Waals surface area (Å²) in [6.45, 7) is 24.4. The van der Waals surface area contributed by atoms with E-state index < -0.39 is 63.7 Å². The van der Waals surface area contributed by atoms with E-state index in [1.807, 2.05) is 0 Å². The number of aryl methyl sites for hydroxylation is 8. The predicted molar refractivity (Wildman–Crippen MR) is 339 cm³/mol. The number of amides is 4. The molecule has 8 bridgehead atoms. The van der Waals surface area contributed by atoms with E-state index in [0.717, 1.165) is 27.7 Å². The summed E-state index contributed by atoms with van der Waals surface area (Å²) in [7, 11) is -18.0. The van der Waals surface area contributed by atoms with Gasteiger partial charge in [0, 0.05) is 33.3 Å². The first-order valence-electron chi connectivity index (χ1n) is 27.5. The Morgan fingerprint density at radius 3 is 0.753 bits per heavy atom. The van der Waals surface area contributed by atoms with Gasteiger partial charge in [-0.3, -0.25) is 19.2 Å². The van der Waals surface area contributed by atoms with Gasteiger partial charge in [0.2, 0.25) is 23.6 Å². The Morgan fingerprint density at radius 1 is 0.315 bits per heavy atom. The molecule has 0 radical (unpaired) electrons. The minimum absolute atomic E-state index is 0. The van der Waals surface area contributed by atoms with Crippen LogP contribution in [0.1, 0.15) is 117 Å². The van der Waals surface area contributed by atoms with E-state index in [1.54, 1.807) is 156 Å². The van der Waals surface area contributed by atoms with Gasteiger partial charge in [0.1, 0.15) is 0 Å². The van der Waals surface area contributed by atoms with Crippen LogP contribution in [0.5, 0.6) is 0 Å². The molecule has 20 nitrogen and oxygen atoms in total. The molecule has 0 saturated heterocycles. The number of hydrogen-bond donors (Lipinski definition) is 4. The first-order chi connectivity index (χ1) is 40.9. The van der Waals surface area contributed by atoms with Crippen LogP contribution in [0.25, 0.3) is 90.9 Å². The minimum atomic E-state index is -4.50. The maximum absolute atomic E-state index is 14.2. The van der Waals surface area contributed by atoms with E-state index in [0.29, 0.717) is 89.0 Å². The van der Waals surface area contributed by atoms with Crippen molar-refractivity contribution in [1.82, 2.24) is 38.8 Å². The summed E-state index contributed by atoms with van der Waals surface area (Å²) in [5.41, 5.74) is 9.31. The molecule has 4 amide bonds. The van der Waals surface area contributed by atoms with Crippen molar-refractivity contribution in [1.29, 1.82) is 0 Å². The van der Waals surface area contributed by atoms with E-state index in [4.69, 9.17) is 19.9 Å². The second-order valence-electron chi connectivity index (χ2n) is 22.4. The first kappa shape index (κ1) is 66.6. The Balaban J connectivity index is 0.0000102. The Morgan fingerprint density at radius 2 is 0.517 bits per heavy atom. The molecule has 0 saturated carbocycles. The van der Waals surface area contributed by atoms with Gasteiger partial charge in [-0.15, -0.1) is 22.1 Å². The van der Waals surface area contributed by atoms with Crippen molar-refractivity contribution in [2.24, 2.45) is 0 Å². The Bertz CT molecular complexity index is 4870. The molecule has 89 heavy (non-hydrogen) atoms. The third-order valence-electron chi connectivity index (χ3n) is 15.4. The number of nitrogens with one attached hydrogen (secondary N) is 4. The second-order valence-corrected chi connectivity index (χ2v) is 28.8. The Kier molecular flexibility index (Phi) is 17.9. The third kappa shape index (κ3) is 12.1. The van der Waals surface area contributed by atoms with Crippen molar-refractivity contribution in [2.45, 2.75) is 130 Å². The van der Waals surface area contributed by atoms with E-state index in [9.17, 15) is 52.8 Å². The maximum atomic E-state index is 14.2. The van der Waals surface area contributed by atoms with Crippen molar-refractivity contribution >= 4 is 110 Å². The van der Waals surface area contributed by atoms with Crippen LogP contribution in [0, 0.1) is 83.1 Å². The molecule has 2 aliphatic rings. The molecule has 0 aliphatic carbocycles. The topological polar surface area (TPSA) is 307 Å². The minimum Gasteiger partial charge on any atom is -0.657 e. The molecule has 4 aromatic carbocycles. The number of aromatic nitrogens is 4. The molecule has 2 aliphatic heterocycles. The molecule has 0 atom stereocenters. The zero-order chi connectivity index (χ0) is 64.9. The molecule has 7 aromatic rings. The summed E-state index contributed by atoms with van der Waals surface area (Å²) < 4.78 is 122. The van der Waals surface area contributed by atoms with Crippen molar-refractivity contribution in [2.75, 3.05) is 0 Å². The fraction of sp³-hybridized carbons (Fsp3) is 0.250. The van der Waals surface area contributed by atoms with Gasteiger partial charge in [0.15, 0.2) is 0 Å². The van der Waals surface area contributed by atoms with Gasteiger partial charge < -0.3 is 9.97 Å². The van der Waals surface area contributed by atoms with Gasteiger partial charge in [0.25, 0.3) is 40.1 Å². The number of carbonyl (C=O) groups is 4. The summed E-state index contributed by atoms with van der Waals surface area (Å²) in [5, 5.41) is 0. The van der Waals surface area contributed by atoms with Crippen LogP contribution >= 0.6 is 0 Å². The third-order valence-corrected chi connectivity index (χ3v) is 22.3. The normalized spacial score (nSPS) is 12.4. The molecule has 9 rings (SSSR count). The number of nitrogens with zero attached hydrogens (tertiary/aromatic N) is 4. The van der Waals surface area contributed by atoms with E-state index >= 15 is 0 Å². The number of benzene rings is 4. The largest absolute Gasteiger partial charge is 2.00 e. The van der Waals surface area contributed by atoms with Gasteiger partial charge >= 0.3 is 17.1 Å².